The maximum absolute atomic E-state index is 4.43. The van der Waals surface area contributed by atoms with Crippen LogP contribution in [0.25, 0.3) is 5.95 Å². The van der Waals surface area contributed by atoms with E-state index < -0.39 is 0 Å². The molecule has 0 bridgehead atoms. The zero-order valence-electron chi connectivity index (χ0n) is 10.8. The largest absolute Gasteiger partial charge is 0.354 e. The Morgan fingerprint density at radius 2 is 2.11 bits per heavy atom. The van der Waals surface area contributed by atoms with Gasteiger partial charge in [0.1, 0.15) is 5.82 Å². The monoisotopic (exact) mass is 246 g/mol. The van der Waals surface area contributed by atoms with Gasteiger partial charge in [-0.15, -0.1) is 0 Å². The minimum Gasteiger partial charge on any atom is -0.354 e. The molecule has 0 saturated carbocycles. The van der Waals surface area contributed by atoms with E-state index >= 15 is 0 Å². The lowest BCUT2D eigenvalue weighted by Gasteiger charge is -2.07. The quantitative estimate of drug-likeness (QED) is 0.842. The maximum Gasteiger partial charge on any atom is 0.255 e. The number of aromatic nitrogens is 5. The first-order valence-electron chi connectivity index (χ1n) is 6.32. The van der Waals surface area contributed by atoms with Gasteiger partial charge in [0, 0.05) is 25.4 Å². The van der Waals surface area contributed by atoms with Crippen molar-refractivity contribution in [2.45, 2.75) is 33.1 Å². The van der Waals surface area contributed by atoms with Crippen LogP contribution >= 0.6 is 0 Å². The van der Waals surface area contributed by atoms with Crippen molar-refractivity contribution in [2.75, 3.05) is 11.9 Å². The van der Waals surface area contributed by atoms with Crippen molar-refractivity contribution in [1.82, 2.24) is 24.7 Å². The van der Waals surface area contributed by atoms with Gasteiger partial charge >= 0.3 is 0 Å². The first-order valence-corrected chi connectivity index (χ1v) is 6.32. The Morgan fingerprint density at radius 3 is 2.78 bits per heavy atom. The Morgan fingerprint density at radius 1 is 1.22 bits per heavy atom. The lowest BCUT2D eigenvalue weighted by molar-refractivity contribution is 0.718. The maximum atomic E-state index is 4.43. The number of anilines is 1. The minimum absolute atomic E-state index is 0.567. The molecule has 0 atom stereocenters. The van der Waals surface area contributed by atoms with E-state index in [1.807, 2.05) is 19.2 Å². The predicted molar refractivity (Wildman–Crippen MR) is 69.7 cm³/mol. The molecule has 0 aromatic carbocycles. The third-order valence-electron chi connectivity index (χ3n) is 2.47. The number of nitrogens with one attached hydrogen (secondary N) is 1. The van der Waals surface area contributed by atoms with Crippen LogP contribution in [0.2, 0.25) is 0 Å². The second-order valence-electron chi connectivity index (χ2n) is 3.96. The van der Waals surface area contributed by atoms with Gasteiger partial charge in [0.05, 0.1) is 0 Å². The average molecular weight is 246 g/mol. The molecule has 18 heavy (non-hydrogen) atoms. The van der Waals surface area contributed by atoms with Gasteiger partial charge in [-0.25, -0.2) is 4.68 Å². The molecule has 6 nitrogen and oxygen atoms in total. The van der Waals surface area contributed by atoms with Crippen LogP contribution in [0.15, 0.2) is 18.5 Å². The van der Waals surface area contributed by atoms with Gasteiger partial charge in [0.15, 0.2) is 0 Å². The first-order chi connectivity index (χ1) is 8.83. The highest BCUT2D eigenvalue weighted by atomic mass is 15.4. The van der Waals surface area contributed by atoms with Crippen molar-refractivity contribution >= 4 is 5.95 Å². The molecule has 0 radical (unpaired) electrons. The highest BCUT2D eigenvalue weighted by Gasteiger charge is 2.07. The van der Waals surface area contributed by atoms with Crippen molar-refractivity contribution < 1.29 is 0 Å². The molecule has 0 unspecified atom stereocenters. The van der Waals surface area contributed by atoms with Crippen LogP contribution in [0.4, 0.5) is 5.95 Å². The summed E-state index contributed by atoms with van der Waals surface area (Å²) in [6.07, 6.45) is 6.61. The summed E-state index contributed by atoms with van der Waals surface area (Å²) in [4.78, 5) is 13.2. The summed E-state index contributed by atoms with van der Waals surface area (Å²) < 4.78 is 1.65. The van der Waals surface area contributed by atoms with E-state index in [0.717, 1.165) is 31.6 Å². The molecule has 2 aromatic heterocycles. The Hall–Kier alpha value is -1.98. The number of unbranched alkanes of at least 4 members (excludes halogenated alkanes) is 1. The van der Waals surface area contributed by atoms with Crippen LogP contribution in [0, 0.1) is 0 Å². The van der Waals surface area contributed by atoms with E-state index in [4.69, 9.17) is 0 Å². The fraction of sp³-hybridized carbons (Fsp3) is 0.500. The van der Waals surface area contributed by atoms with Crippen molar-refractivity contribution in [3.63, 3.8) is 0 Å². The van der Waals surface area contributed by atoms with Crippen LogP contribution in [0.3, 0.4) is 0 Å². The molecule has 2 rings (SSSR count). The molecule has 6 heteroatoms. The van der Waals surface area contributed by atoms with E-state index in [0.29, 0.717) is 11.9 Å². The molecule has 0 spiro atoms. The van der Waals surface area contributed by atoms with Crippen LogP contribution in [-0.2, 0) is 6.42 Å². The van der Waals surface area contributed by atoms with E-state index in [1.165, 1.54) is 0 Å². The van der Waals surface area contributed by atoms with Gasteiger partial charge < -0.3 is 5.32 Å². The number of aryl methyl sites for hydroxylation is 1. The van der Waals surface area contributed by atoms with Crippen molar-refractivity contribution in [2.24, 2.45) is 0 Å². The van der Waals surface area contributed by atoms with Crippen molar-refractivity contribution in [3.05, 3.63) is 24.3 Å². The molecule has 0 aliphatic carbocycles. The second kappa shape index (κ2) is 6.09. The normalized spacial score (nSPS) is 10.6. The Kier molecular flexibility index (Phi) is 4.22. The Bertz CT molecular complexity index is 479. The third-order valence-corrected chi connectivity index (χ3v) is 2.47. The van der Waals surface area contributed by atoms with Gasteiger partial charge in [-0.3, -0.25) is 0 Å². The Labute approximate surface area is 106 Å². The van der Waals surface area contributed by atoms with Crippen LogP contribution in [-0.4, -0.2) is 31.3 Å². The summed E-state index contributed by atoms with van der Waals surface area (Å²) in [6, 6.07) is 1.85. The molecule has 0 aliphatic rings. The lowest BCUT2D eigenvalue weighted by atomic mass is 10.2. The fourth-order valence-corrected chi connectivity index (χ4v) is 1.58. The van der Waals surface area contributed by atoms with Gasteiger partial charge in [0.2, 0.25) is 5.95 Å². The molecule has 96 valence electrons. The molecule has 0 fully saturated rings. The molecule has 0 aliphatic heterocycles. The summed E-state index contributed by atoms with van der Waals surface area (Å²) in [5, 5.41) is 7.27. The number of hydrogen-bond donors (Lipinski definition) is 1. The van der Waals surface area contributed by atoms with Gasteiger partial charge in [-0.05, 0) is 19.4 Å². The summed E-state index contributed by atoms with van der Waals surface area (Å²) in [5.74, 6) is 1.99. The fourth-order valence-electron chi connectivity index (χ4n) is 1.58. The summed E-state index contributed by atoms with van der Waals surface area (Å²) in [5.41, 5.74) is 0. The van der Waals surface area contributed by atoms with Crippen LogP contribution in [0.1, 0.15) is 32.5 Å². The minimum atomic E-state index is 0.567. The third kappa shape index (κ3) is 3.03. The molecule has 2 aromatic rings. The van der Waals surface area contributed by atoms with E-state index in [1.54, 1.807) is 10.9 Å². The summed E-state index contributed by atoms with van der Waals surface area (Å²) in [6.45, 7) is 4.96. The standard InChI is InChI=1S/C12H18N6/c1-3-5-7-10-15-11(13-4-2)17-12(16-10)18-9-6-8-14-18/h6,8-9H,3-5,7H2,1-2H3,(H,13,15,16,17). The molecule has 0 saturated heterocycles. The zero-order chi connectivity index (χ0) is 12.8. The Balaban J connectivity index is 2.30. The average Bonchev–Trinajstić information content (AvgIpc) is 2.90. The lowest BCUT2D eigenvalue weighted by Crippen LogP contribution is -2.11. The summed E-state index contributed by atoms with van der Waals surface area (Å²) >= 11 is 0. The number of nitrogens with zero attached hydrogens (tertiary/aromatic N) is 5. The highest BCUT2D eigenvalue weighted by molar-refractivity contribution is 5.28. The second-order valence-corrected chi connectivity index (χ2v) is 3.96. The van der Waals surface area contributed by atoms with Crippen LogP contribution < -0.4 is 5.32 Å². The van der Waals surface area contributed by atoms with E-state index in [9.17, 15) is 0 Å². The highest BCUT2D eigenvalue weighted by Crippen LogP contribution is 2.07. The number of rotatable bonds is 6. The predicted octanol–water partition coefficient (Wildman–Crippen LogP) is 1.83. The van der Waals surface area contributed by atoms with Crippen molar-refractivity contribution in [3.8, 4) is 5.95 Å². The zero-order valence-corrected chi connectivity index (χ0v) is 10.8. The molecule has 1 N–H and O–H groups in total. The topological polar surface area (TPSA) is 68.5 Å². The van der Waals surface area contributed by atoms with Crippen LogP contribution in [0.5, 0.6) is 0 Å². The molecular weight excluding hydrogens is 228 g/mol. The molecule has 2 heterocycles. The van der Waals surface area contributed by atoms with Gasteiger partial charge in [-0.2, -0.15) is 20.1 Å². The van der Waals surface area contributed by atoms with E-state index in [-0.39, 0.29) is 0 Å². The molecular formula is C12H18N6. The van der Waals surface area contributed by atoms with Crippen molar-refractivity contribution in [1.29, 1.82) is 0 Å². The first kappa shape index (κ1) is 12.5. The SMILES string of the molecule is CCCCc1nc(NCC)nc(-n2cccn2)n1. The smallest absolute Gasteiger partial charge is 0.255 e. The van der Waals surface area contributed by atoms with Gasteiger partial charge in [0.25, 0.3) is 5.95 Å². The van der Waals surface area contributed by atoms with Gasteiger partial charge in [-0.1, -0.05) is 13.3 Å². The van der Waals surface area contributed by atoms with E-state index in [2.05, 4.69) is 32.3 Å². The molecule has 0 amide bonds. The summed E-state index contributed by atoms with van der Waals surface area (Å²) in [7, 11) is 0. The number of hydrogen-bond acceptors (Lipinski definition) is 5.